The van der Waals surface area contributed by atoms with E-state index in [0.717, 1.165) is 16.7 Å². The standard InChI is InChI=1S/C18H20NP/c1-12-9-7-10-16(14(12)3)18(20)15(4)19-17-11-6-5-8-13(17)2/h5-11,19-20H,4H2,1-3H3. The first-order valence-electron chi connectivity index (χ1n) is 6.67. The molecular weight excluding hydrogens is 261 g/mol. The summed E-state index contributed by atoms with van der Waals surface area (Å²) in [4.78, 5) is 0. The molecule has 0 radical (unpaired) electrons. The van der Waals surface area contributed by atoms with E-state index in [1.54, 1.807) is 0 Å². The molecule has 0 unspecified atom stereocenters. The Morgan fingerprint density at radius 3 is 2.30 bits per heavy atom. The third kappa shape index (κ3) is 3.00. The summed E-state index contributed by atoms with van der Waals surface area (Å²) in [6.07, 6.45) is 0. The summed E-state index contributed by atoms with van der Waals surface area (Å²) in [7, 11) is 3.73. The highest BCUT2D eigenvalue weighted by Crippen LogP contribution is 2.21. The molecule has 2 rings (SSSR count). The van der Waals surface area contributed by atoms with Crippen LogP contribution in [-0.2, 0) is 0 Å². The zero-order valence-electron chi connectivity index (χ0n) is 12.2. The van der Waals surface area contributed by atoms with Crippen LogP contribution in [0, 0.1) is 20.8 Å². The lowest BCUT2D eigenvalue weighted by Gasteiger charge is -2.16. The average molecular weight is 281 g/mol. The van der Waals surface area contributed by atoms with Crippen molar-refractivity contribution in [1.29, 1.82) is 0 Å². The number of hydrogen-bond acceptors (Lipinski definition) is 1. The Hall–Kier alpha value is -1.85. The molecule has 0 spiro atoms. The molecule has 0 aliphatic heterocycles. The second-order valence-corrected chi connectivity index (χ2v) is 5.54. The van der Waals surface area contributed by atoms with Gasteiger partial charge in [-0.1, -0.05) is 43.0 Å². The van der Waals surface area contributed by atoms with Crippen LogP contribution in [-0.4, -0.2) is 5.29 Å². The molecule has 0 aliphatic carbocycles. The van der Waals surface area contributed by atoms with Gasteiger partial charge in [0.15, 0.2) is 0 Å². The lowest BCUT2D eigenvalue weighted by Crippen LogP contribution is -2.11. The number of nitrogens with one attached hydrogen (secondary N) is 1. The van der Waals surface area contributed by atoms with E-state index >= 15 is 0 Å². The highest BCUT2D eigenvalue weighted by atomic mass is 31.0. The summed E-state index contributed by atoms with van der Waals surface area (Å²) < 4.78 is 0. The van der Waals surface area contributed by atoms with Crippen molar-refractivity contribution in [2.24, 2.45) is 0 Å². The third-order valence-corrected chi connectivity index (χ3v) is 4.18. The van der Waals surface area contributed by atoms with Crippen molar-refractivity contribution in [3.05, 3.63) is 77.0 Å². The van der Waals surface area contributed by atoms with Crippen molar-refractivity contribution in [2.45, 2.75) is 20.8 Å². The van der Waals surface area contributed by atoms with Crippen LogP contribution in [0.2, 0.25) is 0 Å². The number of benzene rings is 2. The lowest BCUT2D eigenvalue weighted by atomic mass is 9.99. The Morgan fingerprint density at radius 2 is 1.60 bits per heavy atom. The van der Waals surface area contributed by atoms with Crippen LogP contribution in [0.5, 0.6) is 0 Å². The normalized spacial score (nSPS) is 10.2. The van der Waals surface area contributed by atoms with E-state index < -0.39 is 0 Å². The molecule has 0 bridgehead atoms. The average Bonchev–Trinajstić information content (AvgIpc) is 2.43. The van der Waals surface area contributed by atoms with Crippen molar-refractivity contribution in [3.63, 3.8) is 0 Å². The fourth-order valence-corrected chi connectivity index (χ4v) is 2.46. The van der Waals surface area contributed by atoms with Crippen molar-refractivity contribution in [3.8, 4) is 0 Å². The fraction of sp³-hybridized carbons (Fsp3) is 0.167. The monoisotopic (exact) mass is 281 g/mol. The summed E-state index contributed by atoms with van der Waals surface area (Å²) in [5.74, 6) is 0. The quantitative estimate of drug-likeness (QED) is 0.786. The fourth-order valence-electron chi connectivity index (χ4n) is 2.12. The van der Waals surface area contributed by atoms with Gasteiger partial charge in [-0.05, 0) is 49.1 Å². The summed E-state index contributed by atoms with van der Waals surface area (Å²) in [6.45, 7) is 10.5. The summed E-state index contributed by atoms with van der Waals surface area (Å²) in [5.41, 5.74) is 6.87. The molecule has 20 heavy (non-hydrogen) atoms. The molecule has 1 nitrogen and oxygen atoms in total. The largest absolute Gasteiger partial charge is 0.355 e. The molecule has 2 aromatic rings. The van der Waals surface area contributed by atoms with E-state index in [1.165, 1.54) is 22.3 Å². The van der Waals surface area contributed by atoms with Gasteiger partial charge in [-0.3, -0.25) is 0 Å². The molecule has 0 aromatic heterocycles. The van der Waals surface area contributed by atoms with Gasteiger partial charge in [0.05, 0.1) is 0 Å². The van der Waals surface area contributed by atoms with Gasteiger partial charge in [-0.25, -0.2) is 0 Å². The van der Waals surface area contributed by atoms with Crippen molar-refractivity contribution in [1.82, 2.24) is 0 Å². The number of aryl methyl sites for hydroxylation is 2. The smallest absolute Gasteiger partial charge is 0.0431 e. The van der Waals surface area contributed by atoms with E-state index in [1.807, 2.05) is 12.1 Å². The Kier molecular flexibility index (Phi) is 4.42. The highest BCUT2D eigenvalue weighted by molar-refractivity contribution is 7.23. The van der Waals surface area contributed by atoms with Crippen LogP contribution in [0.3, 0.4) is 0 Å². The van der Waals surface area contributed by atoms with Crippen LogP contribution in [0.15, 0.2) is 54.7 Å². The minimum Gasteiger partial charge on any atom is -0.355 e. The van der Waals surface area contributed by atoms with Gasteiger partial charge in [0.2, 0.25) is 0 Å². The topological polar surface area (TPSA) is 12.0 Å². The van der Waals surface area contributed by atoms with Gasteiger partial charge in [-0.15, -0.1) is 8.86 Å². The molecule has 0 saturated carbocycles. The predicted molar refractivity (Wildman–Crippen MR) is 92.3 cm³/mol. The molecule has 1 N–H and O–H groups in total. The number of hydrogen-bond donors (Lipinski definition) is 1. The maximum atomic E-state index is 4.14. The Bertz CT molecular complexity index is 671. The van der Waals surface area contributed by atoms with Crippen LogP contribution < -0.4 is 5.32 Å². The molecule has 0 heterocycles. The zero-order valence-corrected chi connectivity index (χ0v) is 13.2. The van der Waals surface area contributed by atoms with Gasteiger partial charge in [0.1, 0.15) is 0 Å². The Morgan fingerprint density at radius 1 is 0.950 bits per heavy atom. The zero-order chi connectivity index (χ0) is 14.7. The molecule has 2 heteroatoms. The molecule has 0 saturated heterocycles. The van der Waals surface area contributed by atoms with Gasteiger partial charge < -0.3 is 5.32 Å². The predicted octanol–water partition coefficient (Wildman–Crippen LogP) is 4.90. The molecule has 0 aliphatic rings. The number of rotatable bonds is 4. The van der Waals surface area contributed by atoms with Crippen LogP contribution in [0.4, 0.5) is 5.69 Å². The summed E-state index contributed by atoms with van der Waals surface area (Å²) in [5, 5.41) is 4.37. The molecule has 0 amide bonds. The van der Waals surface area contributed by atoms with Crippen molar-refractivity contribution >= 4 is 19.8 Å². The third-order valence-electron chi connectivity index (χ3n) is 3.61. The van der Waals surface area contributed by atoms with E-state index in [9.17, 15) is 0 Å². The van der Waals surface area contributed by atoms with E-state index in [-0.39, 0.29) is 0 Å². The maximum absolute atomic E-state index is 4.14. The minimum absolute atomic E-state index is 0.865. The number of allylic oxidation sites excluding steroid dienone is 1. The Labute approximate surface area is 123 Å². The van der Waals surface area contributed by atoms with Gasteiger partial charge in [0.25, 0.3) is 0 Å². The minimum atomic E-state index is 0.865. The van der Waals surface area contributed by atoms with E-state index in [2.05, 4.69) is 71.9 Å². The lowest BCUT2D eigenvalue weighted by molar-refractivity contribution is 1.32. The maximum Gasteiger partial charge on any atom is 0.0431 e. The van der Waals surface area contributed by atoms with Crippen molar-refractivity contribution in [2.75, 3.05) is 5.32 Å². The first kappa shape index (κ1) is 14.6. The molecular formula is C18H20NP. The summed E-state index contributed by atoms with van der Waals surface area (Å²) in [6, 6.07) is 14.5. The van der Waals surface area contributed by atoms with E-state index in [0.29, 0.717) is 0 Å². The molecule has 0 atom stereocenters. The van der Waals surface area contributed by atoms with Gasteiger partial charge >= 0.3 is 0 Å². The van der Waals surface area contributed by atoms with Crippen LogP contribution in [0.1, 0.15) is 22.3 Å². The number of anilines is 1. The SMILES string of the molecule is C=C(Nc1ccccc1C)C(=P)c1cccc(C)c1C. The summed E-state index contributed by atoms with van der Waals surface area (Å²) >= 11 is 0. The van der Waals surface area contributed by atoms with Crippen LogP contribution >= 0.6 is 8.86 Å². The highest BCUT2D eigenvalue weighted by Gasteiger charge is 2.09. The van der Waals surface area contributed by atoms with E-state index in [4.69, 9.17) is 0 Å². The molecule has 102 valence electrons. The number of para-hydroxylation sites is 1. The van der Waals surface area contributed by atoms with Gasteiger partial charge in [0, 0.05) is 16.7 Å². The second kappa shape index (κ2) is 6.07. The van der Waals surface area contributed by atoms with Crippen molar-refractivity contribution < 1.29 is 0 Å². The first-order valence-corrected chi connectivity index (χ1v) is 7.17. The molecule has 2 aromatic carbocycles. The molecule has 0 fully saturated rings. The first-order chi connectivity index (χ1) is 9.50. The van der Waals surface area contributed by atoms with Gasteiger partial charge in [-0.2, -0.15) is 0 Å². The Balaban J connectivity index is 2.24. The van der Waals surface area contributed by atoms with Crippen LogP contribution in [0.25, 0.3) is 0 Å². The second-order valence-electron chi connectivity index (χ2n) is 5.04.